The fourth-order valence-electron chi connectivity index (χ4n) is 1.35. The Hall–Kier alpha value is -0.980. The Morgan fingerprint density at radius 1 is 1.48 bits per heavy atom. The zero-order valence-corrected chi connectivity index (χ0v) is 14.5. The molecule has 1 aromatic rings. The summed E-state index contributed by atoms with van der Waals surface area (Å²) < 4.78 is 11.3. The molecule has 2 N–H and O–H groups in total. The van der Waals surface area contributed by atoms with Gasteiger partial charge in [-0.05, 0) is 39.0 Å². The molecule has 1 rings (SSSR count). The molecule has 1 unspecified atom stereocenters. The standard InChI is InChI=1S/C14H19BrClNO4/c1-14(2,3)21-13(19)17-7-10(18)8-20-12-5-4-9(15)6-11(12)16/h4-6,10,18H,7-8H2,1-3H3,(H,17,19). The maximum Gasteiger partial charge on any atom is 0.407 e. The summed E-state index contributed by atoms with van der Waals surface area (Å²) in [7, 11) is 0. The Labute approximate surface area is 137 Å². The molecule has 0 saturated heterocycles. The van der Waals surface area contributed by atoms with E-state index in [9.17, 15) is 9.90 Å². The van der Waals surface area contributed by atoms with Crippen molar-refractivity contribution in [3.8, 4) is 5.75 Å². The molecule has 0 heterocycles. The number of rotatable bonds is 5. The van der Waals surface area contributed by atoms with Crippen LogP contribution in [0, 0.1) is 0 Å². The van der Waals surface area contributed by atoms with Gasteiger partial charge in [-0.3, -0.25) is 0 Å². The summed E-state index contributed by atoms with van der Waals surface area (Å²) in [5, 5.41) is 12.7. The van der Waals surface area contributed by atoms with Crippen molar-refractivity contribution in [1.82, 2.24) is 5.32 Å². The predicted molar refractivity (Wildman–Crippen MR) is 84.9 cm³/mol. The van der Waals surface area contributed by atoms with E-state index in [2.05, 4.69) is 21.2 Å². The van der Waals surface area contributed by atoms with Crippen LogP contribution in [0.3, 0.4) is 0 Å². The SMILES string of the molecule is CC(C)(C)OC(=O)NCC(O)COc1ccc(Br)cc1Cl. The molecule has 118 valence electrons. The van der Waals surface area contributed by atoms with Crippen LogP contribution >= 0.6 is 27.5 Å². The number of alkyl carbamates (subject to hydrolysis) is 1. The Morgan fingerprint density at radius 2 is 2.14 bits per heavy atom. The molecule has 0 radical (unpaired) electrons. The highest BCUT2D eigenvalue weighted by Crippen LogP contribution is 2.27. The van der Waals surface area contributed by atoms with Crippen molar-refractivity contribution in [3.63, 3.8) is 0 Å². The minimum Gasteiger partial charge on any atom is -0.489 e. The third kappa shape index (κ3) is 7.55. The fourth-order valence-corrected chi connectivity index (χ4v) is 2.08. The van der Waals surface area contributed by atoms with E-state index in [0.717, 1.165) is 4.47 Å². The Morgan fingerprint density at radius 3 is 2.71 bits per heavy atom. The smallest absolute Gasteiger partial charge is 0.407 e. The van der Waals surface area contributed by atoms with Crippen molar-refractivity contribution in [1.29, 1.82) is 0 Å². The van der Waals surface area contributed by atoms with Crippen LogP contribution in [0.25, 0.3) is 0 Å². The lowest BCUT2D eigenvalue weighted by atomic mass is 10.2. The Bertz CT molecular complexity index is 490. The van der Waals surface area contributed by atoms with Crippen LogP contribution in [-0.4, -0.2) is 36.1 Å². The highest BCUT2D eigenvalue weighted by molar-refractivity contribution is 9.10. The number of hydrogen-bond donors (Lipinski definition) is 2. The van der Waals surface area contributed by atoms with E-state index in [1.165, 1.54) is 0 Å². The molecule has 5 nitrogen and oxygen atoms in total. The Kier molecular flexibility index (Phi) is 6.77. The highest BCUT2D eigenvalue weighted by atomic mass is 79.9. The maximum atomic E-state index is 11.4. The van der Waals surface area contributed by atoms with Crippen LogP contribution in [0.2, 0.25) is 5.02 Å². The number of carbonyl (C=O) groups is 1. The van der Waals surface area contributed by atoms with Gasteiger partial charge in [0.25, 0.3) is 0 Å². The number of aliphatic hydroxyl groups is 1. The van der Waals surface area contributed by atoms with E-state index in [0.29, 0.717) is 10.8 Å². The van der Waals surface area contributed by atoms with Crippen LogP contribution in [0.15, 0.2) is 22.7 Å². The zero-order valence-electron chi connectivity index (χ0n) is 12.2. The van der Waals surface area contributed by atoms with Crippen LogP contribution in [0.4, 0.5) is 4.79 Å². The number of ether oxygens (including phenoxy) is 2. The number of carbonyl (C=O) groups excluding carboxylic acids is 1. The largest absolute Gasteiger partial charge is 0.489 e. The number of hydrogen-bond acceptors (Lipinski definition) is 4. The highest BCUT2D eigenvalue weighted by Gasteiger charge is 2.17. The zero-order chi connectivity index (χ0) is 16.0. The van der Waals surface area contributed by atoms with Crippen molar-refractivity contribution < 1.29 is 19.4 Å². The summed E-state index contributed by atoms with van der Waals surface area (Å²) in [5.74, 6) is 0.469. The molecule has 0 bridgehead atoms. The third-order valence-corrected chi connectivity index (χ3v) is 2.99. The minimum atomic E-state index is -0.864. The first-order valence-electron chi connectivity index (χ1n) is 6.40. The summed E-state index contributed by atoms with van der Waals surface area (Å²) in [6.45, 7) is 5.34. The van der Waals surface area contributed by atoms with Gasteiger partial charge in [-0.2, -0.15) is 0 Å². The van der Waals surface area contributed by atoms with Crippen LogP contribution in [0.1, 0.15) is 20.8 Å². The van der Waals surface area contributed by atoms with Gasteiger partial charge in [-0.25, -0.2) is 4.79 Å². The third-order valence-electron chi connectivity index (χ3n) is 2.21. The molecule has 0 fully saturated rings. The van der Waals surface area contributed by atoms with E-state index >= 15 is 0 Å². The van der Waals surface area contributed by atoms with E-state index < -0.39 is 17.8 Å². The molecule has 1 aromatic carbocycles. The molecule has 0 aliphatic heterocycles. The predicted octanol–water partition coefficient (Wildman–Crippen LogP) is 3.37. The quantitative estimate of drug-likeness (QED) is 0.822. The number of benzene rings is 1. The summed E-state index contributed by atoms with van der Waals surface area (Å²) in [4.78, 5) is 11.4. The average Bonchev–Trinajstić information content (AvgIpc) is 2.33. The molecule has 7 heteroatoms. The molecule has 1 atom stereocenters. The van der Waals surface area contributed by atoms with E-state index in [4.69, 9.17) is 21.1 Å². The summed E-state index contributed by atoms with van der Waals surface area (Å²) in [6, 6.07) is 5.18. The summed E-state index contributed by atoms with van der Waals surface area (Å²) >= 11 is 9.28. The average molecular weight is 381 g/mol. The van der Waals surface area contributed by atoms with Gasteiger partial charge in [0.05, 0.1) is 11.6 Å². The first-order chi connectivity index (χ1) is 9.67. The fraction of sp³-hybridized carbons (Fsp3) is 0.500. The van der Waals surface area contributed by atoms with E-state index in [1.54, 1.807) is 39.0 Å². The first-order valence-corrected chi connectivity index (χ1v) is 7.57. The van der Waals surface area contributed by atoms with E-state index in [-0.39, 0.29) is 13.2 Å². The topological polar surface area (TPSA) is 67.8 Å². The molecular weight excluding hydrogens is 362 g/mol. The van der Waals surface area contributed by atoms with Gasteiger partial charge in [0.1, 0.15) is 24.1 Å². The second kappa shape index (κ2) is 7.87. The van der Waals surface area contributed by atoms with Crippen molar-refractivity contribution in [2.24, 2.45) is 0 Å². The van der Waals surface area contributed by atoms with Gasteiger partial charge < -0.3 is 19.9 Å². The Balaban J connectivity index is 2.34. The molecule has 0 spiro atoms. The second-order valence-electron chi connectivity index (χ2n) is 5.42. The van der Waals surface area contributed by atoms with Crippen molar-refractivity contribution >= 4 is 33.6 Å². The van der Waals surface area contributed by atoms with Gasteiger partial charge in [0.15, 0.2) is 0 Å². The second-order valence-corrected chi connectivity index (χ2v) is 6.75. The number of nitrogens with one attached hydrogen (secondary N) is 1. The normalized spacial score (nSPS) is 12.7. The molecule has 0 aliphatic rings. The number of amides is 1. The number of aliphatic hydroxyl groups excluding tert-OH is 1. The van der Waals surface area contributed by atoms with Crippen molar-refractivity contribution in [2.75, 3.05) is 13.2 Å². The van der Waals surface area contributed by atoms with Gasteiger partial charge in [-0.1, -0.05) is 27.5 Å². The lowest BCUT2D eigenvalue weighted by Gasteiger charge is -2.20. The molecule has 0 aliphatic carbocycles. The van der Waals surface area contributed by atoms with Gasteiger partial charge >= 0.3 is 6.09 Å². The molecule has 0 aromatic heterocycles. The van der Waals surface area contributed by atoms with Crippen LogP contribution in [0.5, 0.6) is 5.75 Å². The van der Waals surface area contributed by atoms with Crippen LogP contribution < -0.4 is 10.1 Å². The molecule has 21 heavy (non-hydrogen) atoms. The van der Waals surface area contributed by atoms with E-state index in [1.807, 2.05) is 0 Å². The molecule has 1 amide bonds. The van der Waals surface area contributed by atoms with Gasteiger partial charge in [-0.15, -0.1) is 0 Å². The molecular formula is C14H19BrClNO4. The first kappa shape index (κ1) is 18.1. The van der Waals surface area contributed by atoms with Crippen molar-refractivity contribution in [3.05, 3.63) is 27.7 Å². The lowest BCUT2D eigenvalue weighted by Crippen LogP contribution is -2.38. The summed E-state index contributed by atoms with van der Waals surface area (Å²) in [6.07, 6.45) is -1.44. The lowest BCUT2D eigenvalue weighted by molar-refractivity contribution is 0.0463. The maximum absolute atomic E-state index is 11.4. The van der Waals surface area contributed by atoms with Gasteiger partial charge in [0, 0.05) is 4.47 Å². The minimum absolute atomic E-state index is 0.0111. The summed E-state index contributed by atoms with van der Waals surface area (Å²) in [5.41, 5.74) is -0.573. The van der Waals surface area contributed by atoms with Crippen molar-refractivity contribution in [2.45, 2.75) is 32.5 Å². The monoisotopic (exact) mass is 379 g/mol. The molecule has 0 saturated carbocycles. The van der Waals surface area contributed by atoms with Gasteiger partial charge in [0.2, 0.25) is 0 Å². The number of halogens is 2. The van der Waals surface area contributed by atoms with Crippen LogP contribution in [-0.2, 0) is 4.74 Å².